The van der Waals surface area contributed by atoms with Gasteiger partial charge in [-0.25, -0.2) is 0 Å². The van der Waals surface area contributed by atoms with Gasteiger partial charge in [-0.3, -0.25) is 14.9 Å². The van der Waals surface area contributed by atoms with Gasteiger partial charge in [-0.2, -0.15) is 0 Å². The molecule has 31 heavy (non-hydrogen) atoms. The fourth-order valence-corrected chi connectivity index (χ4v) is 3.50. The van der Waals surface area contributed by atoms with Crippen molar-refractivity contribution in [1.29, 1.82) is 0 Å². The van der Waals surface area contributed by atoms with Crippen LogP contribution in [0.1, 0.15) is 25.0 Å². The molecule has 1 saturated heterocycles. The van der Waals surface area contributed by atoms with Gasteiger partial charge in [-0.15, -0.1) is 24.0 Å². The molecular formula is C23H34IN5O2. The van der Waals surface area contributed by atoms with Gasteiger partial charge in [0, 0.05) is 51.5 Å². The van der Waals surface area contributed by atoms with E-state index >= 15 is 0 Å². The molecule has 8 heteroatoms. The summed E-state index contributed by atoms with van der Waals surface area (Å²) < 4.78 is 11.0. The molecule has 0 bridgehead atoms. The van der Waals surface area contributed by atoms with Crippen molar-refractivity contribution >= 4 is 29.9 Å². The van der Waals surface area contributed by atoms with E-state index in [-0.39, 0.29) is 24.0 Å². The van der Waals surface area contributed by atoms with E-state index < -0.39 is 0 Å². The Bertz CT molecular complexity index is 783. The van der Waals surface area contributed by atoms with Crippen LogP contribution in [0.3, 0.4) is 0 Å². The van der Waals surface area contributed by atoms with Crippen molar-refractivity contribution in [3.63, 3.8) is 0 Å². The van der Waals surface area contributed by atoms with Crippen LogP contribution in [0.5, 0.6) is 11.5 Å². The van der Waals surface area contributed by atoms with Gasteiger partial charge in [0.1, 0.15) is 11.5 Å². The summed E-state index contributed by atoms with van der Waals surface area (Å²) in [6.07, 6.45) is 4.96. The number of methoxy groups -OCH3 is 1. The lowest BCUT2D eigenvalue weighted by molar-refractivity contribution is 0.196. The minimum absolute atomic E-state index is 0. The molecule has 0 unspecified atom stereocenters. The van der Waals surface area contributed by atoms with E-state index in [0.717, 1.165) is 68.6 Å². The molecule has 1 aromatic carbocycles. The summed E-state index contributed by atoms with van der Waals surface area (Å²) in [4.78, 5) is 11.3. The molecule has 1 fully saturated rings. The zero-order valence-corrected chi connectivity index (χ0v) is 20.7. The number of aliphatic imine (C=N–C) groups is 1. The van der Waals surface area contributed by atoms with Crippen molar-refractivity contribution in [2.45, 2.75) is 31.8 Å². The lowest BCUT2D eigenvalue weighted by Crippen LogP contribution is -2.48. The highest BCUT2D eigenvalue weighted by Gasteiger charge is 2.20. The third-order valence-corrected chi connectivity index (χ3v) is 5.19. The number of likely N-dealkylation sites (tertiary alicyclic amines) is 1. The molecule has 1 aliphatic heterocycles. The minimum Gasteiger partial charge on any atom is -0.497 e. The largest absolute Gasteiger partial charge is 0.497 e. The van der Waals surface area contributed by atoms with Crippen LogP contribution < -0.4 is 20.1 Å². The van der Waals surface area contributed by atoms with Crippen LogP contribution in [-0.4, -0.2) is 62.3 Å². The van der Waals surface area contributed by atoms with Crippen molar-refractivity contribution < 1.29 is 9.47 Å². The minimum atomic E-state index is 0. The summed E-state index contributed by atoms with van der Waals surface area (Å²) in [5.41, 5.74) is 1.14. The maximum Gasteiger partial charge on any atom is 0.191 e. The number of nitrogens with zero attached hydrogens (tertiary/aromatic N) is 3. The Labute approximate surface area is 202 Å². The molecule has 0 radical (unpaired) electrons. The number of guanidine groups is 1. The van der Waals surface area contributed by atoms with E-state index in [1.54, 1.807) is 7.11 Å². The average Bonchev–Trinajstić information content (AvgIpc) is 2.80. The van der Waals surface area contributed by atoms with Crippen LogP contribution in [-0.2, 0) is 6.54 Å². The third-order valence-electron chi connectivity index (χ3n) is 5.19. The Morgan fingerprint density at radius 3 is 2.68 bits per heavy atom. The van der Waals surface area contributed by atoms with E-state index in [1.165, 1.54) is 0 Å². The number of hydrogen-bond donors (Lipinski definition) is 2. The molecule has 1 aliphatic rings. The van der Waals surface area contributed by atoms with Gasteiger partial charge >= 0.3 is 0 Å². The second-order valence-corrected chi connectivity index (χ2v) is 7.40. The Morgan fingerprint density at radius 2 is 1.97 bits per heavy atom. The first-order valence-electron chi connectivity index (χ1n) is 10.6. The second kappa shape index (κ2) is 14.1. The van der Waals surface area contributed by atoms with Crippen LogP contribution in [0, 0.1) is 0 Å². The Morgan fingerprint density at radius 1 is 1.16 bits per heavy atom. The van der Waals surface area contributed by atoms with E-state index in [4.69, 9.17) is 9.47 Å². The standard InChI is InChI=1S/C23H33N5O2.HI/c1-24-23(26-13-6-16-30-22-9-5-8-21(17-22)29-2)27-19-10-14-28(15-11-19)18-20-7-3-4-12-25-20;/h3-5,7-9,12,17,19H,6,10-11,13-16,18H2,1-2H3,(H2,24,26,27);1H. The number of nitrogens with one attached hydrogen (secondary N) is 2. The van der Waals surface area contributed by atoms with Crippen molar-refractivity contribution in [3.05, 3.63) is 54.4 Å². The molecule has 0 atom stereocenters. The Balaban J connectivity index is 0.00000341. The zero-order chi connectivity index (χ0) is 21.0. The number of hydrogen-bond acceptors (Lipinski definition) is 5. The van der Waals surface area contributed by atoms with Crippen molar-refractivity contribution in [3.8, 4) is 11.5 Å². The SMILES string of the molecule is CN=C(NCCCOc1cccc(OC)c1)NC1CCN(Cc2ccccn2)CC1.I. The molecule has 1 aromatic heterocycles. The number of benzene rings is 1. The maximum absolute atomic E-state index is 5.78. The number of aromatic nitrogens is 1. The molecule has 0 amide bonds. The molecule has 170 valence electrons. The highest BCUT2D eigenvalue weighted by molar-refractivity contribution is 14.0. The van der Waals surface area contributed by atoms with Crippen LogP contribution in [0.4, 0.5) is 0 Å². The third kappa shape index (κ3) is 8.90. The van der Waals surface area contributed by atoms with Gasteiger partial charge in [0.25, 0.3) is 0 Å². The normalized spacial score (nSPS) is 15.1. The monoisotopic (exact) mass is 539 g/mol. The first-order valence-corrected chi connectivity index (χ1v) is 10.6. The fourth-order valence-electron chi connectivity index (χ4n) is 3.50. The molecule has 2 heterocycles. The molecule has 0 spiro atoms. The smallest absolute Gasteiger partial charge is 0.191 e. The highest BCUT2D eigenvalue weighted by Crippen LogP contribution is 2.18. The van der Waals surface area contributed by atoms with Gasteiger partial charge in [0.05, 0.1) is 19.4 Å². The molecule has 2 N–H and O–H groups in total. The predicted octanol–water partition coefficient (Wildman–Crippen LogP) is 3.31. The van der Waals surface area contributed by atoms with Gasteiger partial charge in [-0.05, 0) is 43.5 Å². The van der Waals surface area contributed by atoms with E-state index in [0.29, 0.717) is 12.6 Å². The van der Waals surface area contributed by atoms with E-state index in [2.05, 4.69) is 31.6 Å². The summed E-state index contributed by atoms with van der Waals surface area (Å²) in [7, 11) is 3.48. The van der Waals surface area contributed by atoms with Gasteiger partial charge < -0.3 is 20.1 Å². The summed E-state index contributed by atoms with van der Waals surface area (Å²) in [6, 6.07) is 14.2. The average molecular weight is 539 g/mol. The first kappa shape index (κ1) is 25.2. The van der Waals surface area contributed by atoms with Crippen LogP contribution in [0.15, 0.2) is 53.7 Å². The molecule has 7 nitrogen and oxygen atoms in total. The van der Waals surface area contributed by atoms with Gasteiger partial charge in [0.2, 0.25) is 0 Å². The van der Waals surface area contributed by atoms with Crippen molar-refractivity contribution in [2.24, 2.45) is 4.99 Å². The van der Waals surface area contributed by atoms with E-state index in [9.17, 15) is 0 Å². The topological polar surface area (TPSA) is 71.0 Å². The van der Waals surface area contributed by atoms with Gasteiger partial charge in [0.15, 0.2) is 5.96 Å². The lowest BCUT2D eigenvalue weighted by atomic mass is 10.0. The quantitative estimate of drug-likeness (QED) is 0.221. The highest BCUT2D eigenvalue weighted by atomic mass is 127. The maximum atomic E-state index is 5.78. The zero-order valence-electron chi connectivity index (χ0n) is 18.4. The summed E-state index contributed by atoms with van der Waals surface area (Å²) in [6.45, 7) is 4.51. The van der Waals surface area contributed by atoms with Gasteiger partial charge in [-0.1, -0.05) is 12.1 Å². The van der Waals surface area contributed by atoms with Crippen molar-refractivity contribution in [2.75, 3.05) is 40.4 Å². The molecular weight excluding hydrogens is 505 g/mol. The number of pyridine rings is 1. The number of rotatable bonds is 9. The first-order chi connectivity index (χ1) is 14.8. The number of piperidine rings is 1. The van der Waals surface area contributed by atoms with Crippen LogP contribution in [0.25, 0.3) is 0 Å². The van der Waals surface area contributed by atoms with E-state index in [1.807, 2.05) is 49.6 Å². The Hall–Kier alpha value is -2.07. The second-order valence-electron chi connectivity index (χ2n) is 7.40. The predicted molar refractivity (Wildman–Crippen MR) is 136 cm³/mol. The summed E-state index contributed by atoms with van der Waals surface area (Å²) in [5.74, 6) is 2.50. The van der Waals surface area contributed by atoms with Crippen molar-refractivity contribution in [1.82, 2.24) is 20.5 Å². The summed E-state index contributed by atoms with van der Waals surface area (Å²) in [5, 5.41) is 6.94. The molecule has 3 rings (SSSR count). The molecule has 0 saturated carbocycles. The number of halogens is 1. The van der Waals surface area contributed by atoms with Crippen LogP contribution >= 0.6 is 24.0 Å². The lowest BCUT2D eigenvalue weighted by Gasteiger charge is -2.32. The fraction of sp³-hybridized carbons (Fsp3) is 0.478. The van der Waals surface area contributed by atoms with Crippen LogP contribution in [0.2, 0.25) is 0 Å². The number of ether oxygens (including phenoxy) is 2. The summed E-state index contributed by atoms with van der Waals surface area (Å²) >= 11 is 0. The molecule has 0 aliphatic carbocycles. The Kier molecular flexibility index (Phi) is 11.4. The molecule has 2 aromatic rings.